The van der Waals surface area contributed by atoms with E-state index in [1.165, 1.54) is 0 Å². The maximum Gasteiger partial charge on any atom is 0.128 e. The number of nitrogen functional groups attached to an aromatic ring is 1. The first-order chi connectivity index (χ1) is 8.24. The molecule has 5 N–H and O–H groups in total. The number of hydrazine groups is 1. The highest BCUT2D eigenvalue weighted by atomic mass is 15.2. The lowest BCUT2D eigenvalue weighted by Crippen LogP contribution is -2.30. The van der Waals surface area contributed by atoms with Crippen LogP contribution in [0.2, 0.25) is 0 Å². The number of pyridine rings is 2. The summed E-state index contributed by atoms with van der Waals surface area (Å²) in [6, 6.07) is 7.32. The molecule has 0 radical (unpaired) electrons. The van der Waals surface area contributed by atoms with E-state index in [1.807, 2.05) is 31.2 Å². The Hall–Kier alpha value is -1.98. The summed E-state index contributed by atoms with van der Waals surface area (Å²) in [5, 5.41) is 0. The standard InChI is InChI=1S/C12H15N5/c1-8-5-7-16-12(13)10(8)11(17-14)9-4-2-3-6-15-9/h2-7,11,17H,14H2,1H3,(H2,13,16). The summed E-state index contributed by atoms with van der Waals surface area (Å²) in [5.41, 5.74) is 11.4. The lowest BCUT2D eigenvalue weighted by molar-refractivity contribution is 0.617. The molecule has 2 aromatic rings. The Labute approximate surface area is 99.9 Å². The molecule has 88 valence electrons. The highest BCUT2D eigenvalue weighted by Gasteiger charge is 2.18. The van der Waals surface area contributed by atoms with Crippen LogP contribution in [0.1, 0.15) is 22.9 Å². The summed E-state index contributed by atoms with van der Waals surface area (Å²) in [6.45, 7) is 1.97. The predicted molar refractivity (Wildman–Crippen MR) is 66.8 cm³/mol. The number of aryl methyl sites for hydroxylation is 1. The topological polar surface area (TPSA) is 89.8 Å². The number of nitrogens with one attached hydrogen (secondary N) is 1. The van der Waals surface area contributed by atoms with E-state index in [9.17, 15) is 0 Å². The maximum atomic E-state index is 5.90. The van der Waals surface area contributed by atoms with Gasteiger partial charge in [0, 0.05) is 18.0 Å². The lowest BCUT2D eigenvalue weighted by atomic mass is 10.00. The Morgan fingerprint density at radius 1 is 1.18 bits per heavy atom. The van der Waals surface area contributed by atoms with Crippen LogP contribution in [0, 0.1) is 6.92 Å². The Morgan fingerprint density at radius 2 is 2.00 bits per heavy atom. The first kappa shape index (κ1) is 11.5. The van der Waals surface area contributed by atoms with E-state index in [1.54, 1.807) is 12.4 Å². The van der Waals surface area contributed by atoms with Crippen molar-refractivity contribution in [2.45, 2.75) is 13.0 Å². The number of anilines is 1. The van der Waals surface area contributed by atoms with Gasteiger partial charge >= 0.3 is 0 Å². The van der Waals surface area contributed by atoms with Gasteiger partial charge in [-0.15, -0.1) is 0 Å². The third kappa shape index (κ3) is 2.25. The van der Waals surface area contributed by atoms with Gasteiger partial charge in [-0.3, -0.25) is 10.8 Å². The van der Waals surface area contributed by atoms with Gasteiger partial charge in [-0.25, -0.2) is 10.4 Å². The van der Waals surface area contributed by atoms with Crippen LogP contribution >= 0.6 is 0 Å². The first-order valence-electron chi connectivity index (χ1n) is 5.32. The minimum Gasteiger partial charge on any atom is -0.383 e. The van der Waals surface area contributed by atoms with E-state index in [2.05, 4.69) is 15.4 Å². The van der Waals surface area contributed by atoms with Crippen LogP contribution in [0.5, 0.6) is 0 Å². The van der Waals surface area contributed by atoms with E-state index in [0.29, 0.717) is 5.82 Å². The van der Waals surface area contributed by atoms with Crippen molar-refractivity contribution in [1.82, 2.24) is 15.4 Å². The van der Waals surface area contributed by atoms with E-state index in [-0.39, 0.29) is 6.04 Å². The summed E-state index contributed by atoms with van der Waals surface area (Å²) in [6.07, 6.45) is 3.40. The number of hydrogen-bond acceptors (Lipinski definition) is 5. The normalized spacial score (nSPS) is 12.4. The van der Waals surface area contributed by atoms with Crippen molar-refractivity contribution in [1.29, 1.82) is 0 Å². The number of hydrogen-bond donors (Lipinski definition) is 3. The summed E-state index contributed by atoms with van der Waals surface area (Å²) in [5.74, 6) is 6.07. The molecule has 0 fully saturated rings. The molecule has 5 nitrogen and oxygen atoms in total. The number of nitrogens with two attached hydrogens (primary N) is 2. The minimum absolute atomic E-state index is 0.245. The maximum absolute atomic E-state index is 5.90. The van der Waals surface area contributed by atoms with Crippen LogP contribution in [-0.2, 0) is 0 Å². The Balaban J connectivity index is 2.50. The second-order valence-corrected chi connectivity index (χ2v) is 3.78. The fourth-order valence-electron chi connectivity index (χ4n) is 1.83. The number of rotatable bonds is 3. The highest BCUT2D eigenvalue weighted by molar-refractivity contribution is 5.48. The zero-order chi connectivity index (χ0) is 12.3. The fourth-order valence-corrected chi connectivity index (χ4v) is 1.83. The van der Waals surface area contributed by atoms with Crippen molar-refractivity contribution >= 4 is 5.82 Å². The molecular formula is C12H15N5. The summed E-state index contributed by atoms with van der Waals surface area (Å²) in [7, 11) is 0. The van der Waals surface area contributed by atoms with Gasteiger partial charge in [0.2, 0.25) is 0 Å². The quantitative estimate of drug-likeness (QED) is 0.538. The number of aromatic nitrogens is 2. The van der Waals surface area contributed by atoms with Crippen LogP contribution in [0.15, 0.2) is 36.7 Å². The summed E-state index contributed by atoms with van der Waals surface area (Å²) < 4.78 is 0. The van der Waals surface area contributed by atoms with E-state index < -0.39 is 0 Å². The predicted octanol–water partition coefficient (Wildman–Crippen LogP) is 0.920. The van der Waals surface area contributed by atoms with Gasteiger partial charge in [0.1, 0.15) is 5.82 Å². The van der Waals surface area contributed by atoms with Crippen LogP contribution in [0.25, 0.3) is 0 Å². The Kier molecular flexibility index (Phi) is 3.32. The zero-order valence-electron chi connectivity index (χ0n) is 9.59. The average molecular weight is 229 g/mol. The largest absolute Gasteiger partial charge is 0.383 e. The first-order valence-corrected chi connectivity index (χ1v) is 5.32. The SMILES string of the molecule is Cc1ccnc(N)c1C(NN)c1ccccn1. The van der Waals surface area contributed by atoms with Gasteiger partial charge < -0.3 is 5.73 Å². The molecule has 0 aromatic carbocycles. The smallest absolute Gasteiger partial charge is 0.128 e. The molecule has 0 aliphatic carbocycles. The summed E-state index contributed by atoms with van der Waals surface area (Å²) in [4.78, 5) is 8.37. The van der Waals surface area contributed by atoms with E-state index in [4.69, 9.17) is 11.6 Å². The van der Waals surface area contributed by atoms with Gasteiger partial charge in [-0.2, -0.15) is 0 Å². The van der Waals surface area contributed by atoms with Gasteiger partial charge in [-0.05, 0) is 30.7 Å². The fraction of sp³-hybridized carbons (Fsp3) is 0.167. The van der Waals surface area contributed by atoms with Crippen molar-refractivity contribution in [3.63, 3.8) is 0 Å². The van der Waals surface area contributed by atoms with E-state index >= 15 is 0 Å². The van der Waals surface area contributed by atoms with Crippen LogP contribution in [0.3, 0.4) is 0 Å². The number of nitrogens with zero attached hydrogens (tertiary/aromatic N) is 2. The van der Waals surface area contributed by atoms with Crippen molar-refractivity contribution < 1.29 is 0 Å². The molecule has 1 unspecified atom stereocenters. The molecule has 2 aromatic heterocycles. The van der Waals surface area contributed by atoms with E-state index in [0.717, 1.165) is 16.8 Å². The second-order valence-electron chi connectivity index (χ2n) is 3.78. The molecule has 0 aliphatic rings. The van der Waals surface area contributed by atoms with Crippen molar-refractivity contribution in [2.75, 3.05) is 5.73 Å². The van der Waals surface area contributed by atoms with Crippen molar-refractivity contribution in [2.24, 2.45) is 5.84 Å². The molecule has 5 heteroatoms. The van der Waals surface area contributed by atoms with Crippen LogP contribution in [-0.4, -0.2) is 9.97 Å². The minimum atomic E-state index is -0.245. The second kappa shape index (κ2) is 4.90. The van der Waals surface area contributed by atoms with Crippen LogP contribution < -0.4 is 17.0 Å². The third-order valence-electron chi connectivity index (χ3n) is 2.68. The van der Waals surface area contributed by atoms with Gasteiger partial charge in [0.25, 0.3) is 0 Å². The van der Waals surface area contributed by atoms with Crippen molar-refractivity contribution in [3.8, 4) is 0 Å². The van der Waals surface area contributed by atoms with Gasteiger partial charge in [0.15, 0.2) is 0 Å². The van der Waals surface area contributed by atoms with Crippen LogP contribution in [0.4, 0.5) is 5.82 Å². The molecule has 0 saturated heterocycles. The zero-order valence-corrected chi connectivity index (χ0v) is 9.59. The molecule has 0 bridgehead atoms. The van der Waals surface area contributed by atoms with Crippen molar-refractivity contribution in [3.05, 3.63) is 53.5 Å². The summed E-state index contributed by atoms with van der Waals surface area (Å²) >= 11 is 0. The molecule has 2 rings (SSSR count). The van der Waals surface area contributed by atoms with Gasteiger partial charge in [-0.1, -0.05) is 6.07 Å². The molecule has 0 aliphatic heterocycles. The van der Waals surface area contributed by atoms with Gasteiger partial charge in [0.05, 0.1) is 11.7 Å². The molecule has 1 atom stereocenters. The Bertz CT molecular complexity index is 477. The monoisotopic (exact) mass is 229 g/mol. The molecule has 2 heterocycles. The highest BCUT2D eigenvalue weighted by Crippen LogP contribution is 2.26. The Morgan fingerprint density at radius 3 is 2.59 bits per heavy atom. The molecule has 17 heavy (non-hydrogen) atoms. The average Bonchev–Trinajstić information content (AvgIpc) is 2.35. The lowest BCUT2D eigenvalue weighted by Gasteiger charge is -2.19. The molecular weight excluding hydrogens is 214 g/mol. The molecule has 0 saturated carbocycles. The molecule has 0 spiro atoms. The third-order valence-corrected chi connectivity index (χ3v) is 2.68. The molecule has 0 amide bonds.